The summed E-state index contributed by atoms with van der Waals surface area (Å²) in [6.45, 7) is 6.06. The molecule has 2 aromatic carbocycles. The van der Waals surface area contributed by atoms with Gasteiger partial charge in [-0.3, -0.25) is 4.79 Å². The van der Waals surface area contributed by atoms with E-state index < -0.39 is 0 Å². The molecule has 1 N–H and O–H groups in total. The van der Waals surface area contributed by atoms with E-state index in [0.717, 1.165) is 17.8 Å². The molecule has 3 nitrogen and oxygen atoms in total. The van der Waals surface area contributed by atoms with Gasteiger partial charge in [-0.1, -0.05) is 50.2 Å². The van der Waals surface area contributed by atoms with Crippen molar-refractivity contribution in [3.8, 4) is 0 Å². The molecule has 3 rings (SSSR count). The van der Waals surface area contributed by atoms with Gasteiger partial charge in [0.05, 0.1) is 6.04 Å². The monoisotopic (exact) mass is 308 g/mol. The Morgan fingerprint density at radius 1 is 1.09 bits per heavy atom. The summed E-state index contributed by atoms with van der Waals surface area (Å²) in [5.74, 6) is 0.201. The molecule has 2 aromatic rings. The Morgan fingerprint density at radius 2 is 1.74 bits per heavy atom. The van der Waals surface area contributed by atoms with Crippen LogP contribution in [0.3, 0.4) is 0 Å². The van der Waals surface area contributed by atoms with Gasteiger partial charge < -0.3 is 10.2 Å². The maximum Gasteiger partial charge on any atom is 0.229 e. The minimum atomic E-state index is 0.00383. The highest BCUT2D eigenvalue weighted by atomic mass is 16.2. The molecule has 0 aliphatic carbocycles. The van der Waals surface area contributed by atoms with Crippen LogP contribution in [0.1, 0.15) is 38.8 Å². The van der Waals surface area contributed by atoms with Gasteiger partial charge in [0.15, 0.2) is 0 Å². The summed E-state index contributed by atoms with van der Waals surface area (Å²) in [5, 5.41) is 3.62. The number of fused-ring (bicyclic) bond motifs is 1. The molecule has 1 amide bonds. The number of hydrogen-bond acceptors (Lipinski definition) is 2. The van der Waals surface area contributed by atoms with Crippen molar-refractivity contribution in [1.29, 1.82) is 0 Å². The SMILES string of the molecule is CC(C)C(=O)N1c2ccccc2C(Nc2ccccc2)CC1C. The largest absolute Gasteiger partial charge is 0.378 e. The van der Waals surface area contributed by atoms with E-state index in [1.54, 1.807) is 0 Å². The van der Waals surface area contributed by atoms with Crippen LogP contribution in [0.15, 0.2) is 54.6 Å². The second-order valence-corrected chi connectivity index (χ2v) is 6.57. The number of para-hydroxylation sites is 2. The number of nitrogens with zero attached hydrogens (tertiary/aromatic N) is 1. The zero-order chi connectivity index (χ0) is 16.4. The Kier molecular flexibility index (Phi) is 4.37. The molecule has 0 saturated carbocycles. The number of amides is 1. The number of carbonyl (C=O) groups excluding carboxylic acids is 1. The first-order valence-electron chi connectivity index (χ1n) is 8.31. The molecule has 0 spiro atoms. The predicted molar refractivity (Wildman–Crippen MR) is 95.7 cm³/mol. The molecule has 2 atom stereocenters. The quantitative estimate of drug-likeness (QED) is 0.897. The predicted octanol–water partition coefficient (Wildman–Crippen LogP) is 4.62. The average Bonchev–Trinajstić information content (AvgIpc) is 2.55. The van der Waals surface area contributed by atoms with Gasteiger partial charge >= 0.3 is 0 Å². The lowest BCUT2D eigenvalue weighted by Gasteiger charge is -2.40. The molecule has 1 aliphatic rings. The lowest BCUT2D eigenvalue weighted by Crippen LogP contribution is -2.46. The maximum atomic E-state index is 12.6. The summed E-state index contributed by atoms with van der Waals surface area (Å²) < 4.78 is 0. The first-order chi connectivity index (χ1) is 11.1. The van der Waals surface area contributed by atoms with E-state index in [0.29, 0.717) is 0 Å². The summed E-state index contributed by atoms with van der Waals surface area (Å²) in [4.78, 5) is 14.6. The third kappa shape index (κ3) is 3.09. The normalized spacial score (nSPS) is 20.3. The van der Waals surface area contributed by atoms with Crippen LogP contribution < -0.4 is 10.2 Å². The van der Waals surface area contributed by atoms with Crippen LogP contribution in [0.2, 0.25) is 0 Å². The lowest BCUT2D eigenvalue weighted by molar-refractivity contribution is -0.122. The van der Waals surface area contributed by atoms with E-state index in [1.807, 2.05) is 49.1 Å². The Hall–Kier alpha value is -2.29. The maximum absolute atomic E-state index is 12.6. The third-order valence-corrected chi connectivity index (χ3v) is 4.44. The second-order valence-electron chi connectivity index (χ2n) is 6.57. The fourth-order valence-electron chi connectivity index (χ4n) is 3.30. The van der Waals surface area contributed by atoms with Crippen molar-refractivity contribution >= 4 is 17.3 Å². The van der Waals surface area contributed by atoms with E-state index in [9.17, 15) is 4.79 Å². The first kappa shape index (κ1) is 15.6. The highest BCUT2D eigenvalue weighted by Crippen LogP contribution is 2.39. The number of carbonyl (C=O) groups is 1. The van der Waals surface area contributed by atoms with Crippen molar-refractivity contribution in [2.24, 2.45) is 5.92 Å². The van der Waals surface area contributed by atoms with Gasteiger partial charge in [0.1, 0.15) is 0 Å². The molecule has 23 heavy (non-hydrogen) atoms. The van der Waals surface area contributed by atoms with Crippen LogP contribution in [-0.4, -0.2) is 11.9 Å². The standard InChI is InChI=1S/C20H24N2O/c1-14(2)20(23)22-15(3)13-18(17-11-7-8-12-19(17)22)21-16-9-5-4-6-10-16/h4-12,14-15,18,21H,13H2,1-3H3. The molecule has 3 heteroatoms. The zero-order valence-corrected chi connectivity index (χ0v) is 14.0. The zero-order valence-electron chi connectivity index (χ0n) is 14.0. The van der Waals surface area contributed by atoms with E-state index in [1.165, 1.54) is 5.56 Å². The fourth-order valence-corrected chi connectivity index (χ4v) is 3.30. The Balaban J connectivity index is 1.95. The van der Waals surface area contributed by atoms with Gasteiger partial charge in [0, 0.05) is 23.3 Å². The van der Waals surface area contributed by atoms with Crippen LogP contribution in [0.5, 0.6) is 0 Å². The van der Waals surface area contributed by atoms with Crippen molar-refractivity contribution in [2.75, 3.05) is 10.2 Å². The van der Waals surface area contributed by atoms with Gasteiger partial charge in [0.25, 0.3) is 0 Å². The summed E-state index contributed by atoms with van der Waals surface area (Å²) in [7, 11) is 0. The number of nitrogens with one attached hydrogen (secondary N) is 1. The minimum absolute atomic E-state index is 0.00383. The van der Waals surface area contributed by atoms with Crippen molar-refractivity contribution in [3.05, 3.63) is 60.2 Å². The molecule has 0 bridgehead atoms. The summed E-state index contributed by atoms with van der Waals surface area (Å²) in [5.41, 5.74) is 3.35. The average molecular weight is 308 g/mol. The summed E-state index contributed by atoms with van der Waals surface area (Å²) in [6, 6.07) is 18.9. The number of anilines is 2. The second kappa shape index (κ2) is 6.45. The molecule has 2 unspecified atom stereocenters. The topological polar surface area (TPSA) is 32.3 Å². The van der Waals surface area contributed by atoms with Crippen molar-refractivity contribution in [3.63, 3.8) is 0 Å². The molecule has 0 radical (unpaired) electrons. The molecular formula is C20H24N2O. The lowest BCUT2D eigenvalue weighted by atomic mass is 9.90. The molecule has 120 valence electrons. The Bertz CT molecular complexity index is 681. The summed E-state index contributed by atoms with van der Waals surface area (Å²) in [6.07, 6.45) is 0.907. The number of hydrogen-bond donors (Lipinski definition) is 1. The first-order valence-corrected chi connectivity index (χ1v) is 8.31. The third-order valence-electron chi connectivity index (χ3n) is 4.44. The van der Waals surface area contributed by atoms with Crippen molar-refractivity contribution in [1.82, 2.24) is 0 Å². The molecule has 1 heterocycles. The van der Waals surface area contributed by atoms with Gasteiger partial charge in [-0.2, -0.15) is 0 Å². The van der Waals surface area contributed by atoms with Crippen LogP contribution in [0.4, 0.5) is 11.4 Å². The molecule has 0 saturated heterocycles. The van der Waals surface area contributed by atoms with Gasteiger partial charge in [0.2, 0.25) is 5.91 Å². The molecule has 0 fully saturated rings. The van der Waals surface area contributed by atoms with E-state index >= 15 is 0 Å². The fraction of sp³-hybridized carbons (Fsp3) is 0.350. The minimum Gasteiger partial charge on any atom is -0.378 e. The molecule has 0 aromatic heterocycles. The highest BCUT2D eigenvalue weighted by Gasteiger charge is 2.34. The molecule has 1 aliphatic heterocycles. The van der Waals surface area contributed by atoms with Gasteiger partial charge in [-0.05, 0) is 37.1 Å². The van der Waals surface area contributed by atoms with Crippen molar-refractivity contribution < 1.29 is 4.79 Å². The van der Waals surface area contributed by atoms with Crippen LogP contribution in [-0.2, 0) is 4.79 Å². The Morgan fingerprint density at radius 3 is 2.43 bits per heavy atom. The van der Waals surface area contributed by atoms with Gasteiger partial charge in [-0.25, -0.2) is 0 Å². The number of benzene rings is 2. The smallest absolute Gasteiger partial charge is 0.229 e. The van der Waals surface area contributed by atoms with E-state index in [-0.39, 0.29) is 23.9 Å². The number of rotatable bonds is 3. The highest BCUT2D eigenvalue weighted by molar-refractivity contribution is 5.96. The Labute approximate surface area is 138 Å². The van der Waals surface area contributed by atoms with Gasteiger partial charge in [-0.15, -0.1) is 0 Å². The summed E-state index contributed by atoms with van der Waals surface area (Å²) >= 11 is 0. The molecular weight excluding hydrogens is 284 g/mol. The van der Waals surface area contributed by atoms with Crippen LogP contribution in [0, 0.1) is 5.92 Å². The van der Waals surface area contributed by atoms with Crippen molar-refractivity contribution in [2.45, 2.75) is 39.3 Å². The van der Waals surface area contributed by atoms with E-state index in [4.69, 9.17) is 0 Å². The van der Waals surface area contributed by atoms with Crippen LogP contribution >= 0.6 is 0 Å². The van der Waals surface area contributed by atoms with E-state index in [2.05, 4.69) is 36.5 Å². The van der Waals surface area contributed by atoms with Crippen LogP contribution in [0.25, 0.3) is 0 Å².